The fraction of sp³-hybridized carbons (Fsp3) is 0.820. The van der Waals surface area contributed by atoms with Crippen molar-refractivity contribution in [2.75, 3.05) is 13.2 Å². The zero-order valence-electron chi connectivity index (χ0n) is 45.3. The van der Waals surface area contributed by atoms with Crippen molar-refractivity contribution < 1.29 is 39.8 Å². The maximum atomic E-state index is 13.1. The third kappa shape index (κ3) is 39.4. The summed E-state index contributed by atoms with van der Waals surface area (Å²) < 4.78 is 11.3. The highest BCUT2D eigenvalue weighted by atomic mass is 16.7. The van der Waals surface area contributed by atoms with Crippen LogP contribution in [0.15, 0.2) is 60.8 Å². The Bertz CT molecular complexity index is 1280. The molecule has 7 atom stereocenters. The first-order chi connectivity index (χ1) is 34.3. The van der Waals surface area contributed by atoms with Crippen LogP contribution in [0.4, 0.5) is 0 Å². The fourth-order valence-electron chi connectivity index (χ4n) is 9.25. The average Bonchev–Trinajstić information content (AvgIpc) is 3.36. The van der Waals surface area contributed by atoms with Crippen molar-refractivity contribution in [1.29, 1.82) is 0 Å². The zero-order chi connectivity index (χ0) is 50.8. The molecular formula is C61H111NO8. The average molecular weight is 987 g/mol. The molecule has 1 amide bonds. The minimum Gasteiger partial charge on any atom is -0.394 e. The highest BCUT2D eigenvalue weighted by Crippen LogP contribution is 2.23. The van der Waals surface area contributed by atoms with Crippen LogP contribution in [0.3, 0.4) is 0 Å². The normalized spacial score (nSPS) is 19.8. The SMILES string of the molecule is CC/C=C\C/C=C\C/C=C\C/C=C\C/C=C\CCCCCCCCCCCCCCCCCCCC(=O)NC(COC1OC(CO)C(O)C(O)C1O)C(O)CCCCCCCCCCCCCCCC. The molecule has 0 spiro atoms. The number of carbonyl (C=O) groups is 1. The number of allylic oxidation sites excluding steroid dienone is 10. The van der Waals surface area contributed by atoms with Gasteiger partial charge in [-0.3, -0.25) is 4.79 Å². The highest BCUT2D eigenvalue weighted by molar-refractivity contribution is 5.76. The minimum atomic E-state index is -1.55. The first-order valence-electron chi connectivity index (χ1n) is 29.5. The fourth-order valence-corrected chi connectivity index (χ4v) is 9.25. The lowest BCUT2D eigenvalue weighted by Gasteiger charge is -2.40. The monoisotopic (exact) mass is 986 g/mol. The largest absolute Gasteiger partial charge is 0.394 e. The van der Waals surface area contributed by atoms with Crippen molar-refractivity contribution in [3.8, 4) is 0 Å². The second-order valence-corrected chi connectivity index (χ2v) is 20.4. The van der Waals surface area contributed by atoms with Crippen molar-refractivity contribution in [3.63, 3.8) is 0 Å². The highest BCUT2D eigenvalue weighted by Gasteiger charge is 2.44. The molecule has 1 aliphatic heterocycles. The number of hydrogen-bond donors (Lipinski definition) is 6. The summed E-state index contributed by atoms with van der Waals surface area (Å²) in [7, 11) is 0. The van der Waals surface area contributed by atoms with Crippen LogP contribution in [-0.4, -0.2) is 87.5 Å². The van der Waals surface area contributed by atoms with Crippen molar-refractivity contribution in [2.24, 2.45) is 0 Å². The van der Waals surface area contributed by atoms with Crippen LogP contribution in [0.25, 0.3) is 0 Å². The van der Waals surface area contributed by atoms with E-state index in [-0.39, 0.29) is 12.5 Å². The van der Waals surface area contributed by atoms with Gasteiger partial charge in [0, 0.05) is 6.42 Å². The second-order valence-electron chi connectivity index (χ2n) is 20.4. The maximum absolute atomic E-state index is 13.1. The molecule has 0 bridgehead atoms. The van der Waals surface area contributed by atoms with E-state index in [2.05, 4.69) is 79.9 Å². The van der Waals surface area contributed by atoms with Crippen molar-refractivity contribution >= 4 is 5.91 Å². The Balaban J connectivity index is 2.11. The Kier molecular flexibility index (Phi) is 47.5. The van der Waals surface area contributed by atoms with Gasteiger partial charge in [0.05, 0.1) is 25.4 Å². The van der Waals surface area contributed by atoms with E-state index in [9.17, 15) is 30.3 Å². The Morgan fingerprint density at radius 3 is 1.31 bits per heavy atom. The van der Waals surface area contributed by atoms with E-state index < -0.39 is 49.5 Å². The number of aliphatic hydroxyl groups is 5. The maximum Gasteiger partial charge on any atom is 0.220 e. The molecule has 0 aromatic carbocycles. The van der Waals surface area contributed by atoms with Crippen LogP contribution in [0.2, 0.25) is 0 Å². The minimum absolute atomic E-state index is 0.137. The third-order valence-corrected chi connectivity index (χ3v) is 13.9. The van der Waals surface area contributed by atoms with Gasteiger partial charge in [-0.1, -0.05) is 261 Å². The second kappa shape index (κ2) is 50.4. The number of hydrogen-bond acceptors (Lipinski definition) is 8. The Morgan fingerprint density at radius 1 is 0.500 bits per heavy atom. The zero-order valence-corrected chi connectivity index (χ0v) is 45.3. The molecule has 9 heteroatoms. The van der Waals surface area contributed by atoms with Gasteiger partial charge in [0.2, 0.25) is 5.91 Å². The number of ether oxygens (including phenoxy) is 2. The molecule has 1 fully saturated rings. The Hall–Kier alpha value is -2.11. The molecule has 1 heterocycles. The Labute approximate surface area is 430 Å². The summed E-state index contributed by atoms with van der Waals surface area (Å²) >= 11 is 0. The molecule has 6 N–H and O–H groups in total. The van der Waals surface area contributed by atoms with Crippen molar-refractivity contribution in [3.05, 3.63) is 60.8 Å². The molecule has 408 valence electrons. The van der Waals surface area contributed by atoms with E-state index in [1.807, 2.05) is 0 Å². The van der Waals surface area contributed by atoms with Gasteiger partial charge >= 0.3 is 0 Å². The molecule has 1 aliphatic rings. The molecule has 0 aliphatic carbocycles. The first-order valence-corrected chi connectivity index (χ1v) is 29.5. The predicted molar refractivity (Wildman–Crippen MR) is 295 cm³/mol. The van der Waals surface area contributed by atoms with E-state index in [0.717, 1.165) is 70.6 Å². The topological polar surface area (TPSA) is 149 Å². The van der Waals surface area contributed by atoms with Gasteiger partial charge in [-0.15, -0.1) is 0 Å². The van der Waals surface area contributed by atoms with E-state index in [1.54, 1.807) is 0 Å². The van der Waals surface area contributed by atoms with Gasteiger partial charge in [0.15, 0.2) is 6.29 Å². The standard InChI is InChI=1S/C61H111NO8/c1-3-5-7-9-11-13-15-17-19-20-21-22-23-24-25-26-27-28-29-30-31-32-33-34-35-36-37-39-41-43-45-47-49-51-57(65)62-54(53-69-61-60(68)59(67)58(66)56(52-63)70-61)55(64)50-48-46-44-42-40-38-18-16-14-12-10-8-6-4-2/h5,7,11,13,17,19,21-22,24-25,54-56,58-61,63-64,66-68H,3-4,6,8-10,12,14-16,18,20,23,26-53H2,1-2H3,(H,62,65)/b7-5-,13-11-,19-17-,22-21-,25-24-. The molecule has 70 heavy (non-hydrogen) atoms. The van der Waals surface area contributed by atoms with Crippen LogP contribution in [0.5, 0.6) is 0 Å². The van der Waals surface area contributed by atoms with Gasteiger partial charge in [0.1, 0.15) is 24.4 Å². The molecule has 1 rings (SSSR count). The van der Waals surface area contributed by atoms with Gasteiger partial charge in [-0.2, -0.15) is 0 Å². The lowest BCUT2D eigenvalue weighted by molar-refractivity contribution is -0.302. The van der Waals surface area contributed by atoms with Gasteiger partial charge in [-0.25, -0.2) is 0 Å². The van der Waals surface area contributed by atoms with Crippen LogP contribution >= 0.6 is 0 Å². The smallest absolute Gasteiger partial charge is 0.220 e. The summed E-state index contributed by atoms with van der Waals surface area (Å²) in [5.41, 5.74) is 0. The molecule has 7 unspecified atom stereocenters. The van der Waals surface area contributed by atoms with E-state index >= 15 is 0 Å². The number of aliphatic hydroxyl groups excluding tert-OH is 5. The summed E-state index contributed by atoms with van der Waals surface area (Å²) in [5.74, 6) is -0.143. The summed E-state index contributed by atoms with van der Waals surface area (Å²) in [6, 6.07) is -0.719. The first kappa shape index (κ1) is 65.9. The van der Waals surface area contributed by atoms with Crippen molar-refractivity contribution in [2.45, 2.75) is 307 Å². The van der Waals surface area contributed by atoms with Crippen LogP contribution in [0.1, 0.15) is 264 Å². The lowest BCUT2D eigenvalue weighted by atomic mass is 9.99. The van der Waals surface area contributed by atoms with E-state index in [0.29, 0.717) is 12.8 Å². The molecule has 1 saturated heterocycles. The molecule has 0 aromatic heterocycles. The van der Waals surface area contributed by atoms with Crippen LogP contribution in [-0.2, 0) is 14.3 Å². The van der Waals surface area contributed by atoms with Crippen LogP contribution < -0.4 is 5.32 Å². The van der Waals surface area contributed by atoms with Crippen LogP contribution in [0, 0.1) is 0 Å². The number of carbonyl (C=O) groups excluding carboxylic acids is 1. The summed E-state index contributed by atoms with van der Waals surface area (Å²) in [5, 5.41) is 54.6. The number of unbranched alkanes of at least 4 members (excludes halogenated alkanes) is 30. The van der Waals surface area contributed by atoms with Crippen molar-refractivity contribution in [1.82, 2.24) is 5.32 Å². The summed E-state index contributed by atoms with van der Waals surface area (Å²) in [6.45, 7) is 3.74. The molecule has 0 radical (unpaired) electrons. The number of amides is 1. The number of rotatable bonds is 50. The van der Waals surface area contributed by atoms with Gasteiger partial charge in [-0.05, 0) is 57.8 Å². The Morgan fingerprint density at radius 2 is 0.886 bits per heavy atom. The summed E-state index contributed by atoms with van der Waals surface area (Å²) in [4.78, 5) is 13.1. The van der Waals surface area contributed by atoms with E-state index in [1.165, 1.54) is 167 Å². The summed E-state index contributed by atoms with van der Waals surface area (Å²) in [6.07, 6.45) is 61.1. The quantitative estimate of drug-likeness (QED) is 0.0261. The van der Waals surface area contributed by atoms with Gasteiger partial charge < -0.3 is 40.3 Å². The number of nitrogens with one attached hydrogen (secondary N) is 1. The molecular weight excluding hydrogens is 875 g/mol. The predicted octanol–water partition coefficient (Wildman–Crippen LogP) is 14.7. The van der Waals surface area contributed by atoms with Gasteiger partial charge in [0.25, 0.3) is 0 Å². The third-order valence-electron chi connectivity index (χ3n) is 13.9. The molecule has 0 aromatic rings. The molecule has 0 saturated carbocycles. The molecule has 9 nitrogen and oxygen atoms in total. The van der Waals surface area contributed by atoms with E-state index in [4.69, 9.17) is 9.47 Å². The lowest BCUT2D eigenvalue weighted by Crippen LogP contribution is -2.60.